The van der Waals surface area contributed by atoms with E-state index >= 15 is 0 Å². The molecule has 0 aromatic carbocycles. The van der Waals surface area contributed by atoms with Crippen LogP contribution in [0.1, 0.15) is 40.0 Å². The second-order valence-corrected chi connectivity index (χ2v) is 4.68. The van der Waals surface area contributed by atoms with Crippen LogP contribution in [0.25, 0.3) is 0 Å². The highest BCUT2D eigenvalue weighted by atomic mass is 16.4. The zero-order chi connectivity index (χ0) is 14.6. The van der Waals surface area contributed by atoms with Gasteiger partial charge in [0.25, 0.3) is 0 Å². The Hall–Kier alpha value is -0.240. The summed E-state index contributed by atoms with van der Waals surface area (Å²) < 4.78 is 0. The van der Waals surface area contributed by atoms with E-state index in [0.29, 0.717) is 0 Å². The molecule has 0 rings (SSSR count). The van der Waals surface area contributed by atoms with Gasteiger partial charge in [0.05, 0.1) is 24.9 Å². The van der Waals surface area contributed by atoms with Crippen LogP contribution in [-0.4, -0.2) is 66.8 Å². The van der Waals surface area contributed by atoms with Crippen LogP contribution < -0.4 is 0 Å². The molecule has 0 amide bonds. The minimum Gasteiger partial charge on any atom is -0.393 e. The summed E-state index contributed by atoms with van der Waals surface area (Å²) in [5.74, 6) is 0. The summed E-state index contributed by atoms with van der Waals surface area (Å²) in [6, 6.07) is 0. The largest absolute Gasteiger partial charge is 0.393 e. The molecular weight excluding hydrogens is 240 g/mol. The Labute approximate surface area is 108 Å². The monoisotopic (exact) mass is 266 g/mol. The molecule has 0 aliphatic carbocycles. The lowest BCUT2D eigenvalue weighted by atomic mass is 9.70. The maximum atomic E-state index is 10.5. The van der Waals surface area contributed by atoms with E-state index in [1.54, 1.807) is 20.8 Å². The Kier molecular flexibility index (Phi) is 6.70. The van der Waals surface area contributed by atoms with Crippen LogP contribution in [0.15, 0.2) is 0 Å². The summed E-state index contributed by atoms with van der Waals surface area (Å²) in [5.41, 5.74) is -4.77. The molecule has 0 radical (unpaired) electrons. The Bertz CT molecular complexity index is 237. The van der Waals surface area contributed by atoms with Gasteiger partial charge in [0.15, 0.2) is 0 Å². The van der Waals surface area contributed by atoms with E-state index in [4.69, 9.17) is 0 Å². The number of aliphatic hydroxyl groups excluding tert-OH is 4. The average Bonchev–Trinajstić information content (AvgIpc) is 2.42. The van der Waals surface area contributed by atoms with E-state index in [1.807, 2.05) is 0 Å². The maximum absolute atomic E-state index is 10.5. The van der Waals surface area contributed by atoms with Gasteiger partial charge >= 0.3 is 0 Å². The zero-order valence-electron chi connectivity index (χ0n) is 11.2. The SMILES string of the molecule is CCC(O)C(O)(CO)C(O)(C(O)CC)C(O)CC. The molecule has 4 unspecified atom stereocenters. The van der Waals surface area contributed by atoms with Crippen LogP contribution >= 0.6 is 0 Å². The van der Waals surface area contributed by atoms with Crippen LogP contribution in [0, 0.1) is 0 Å². The topological polar surface area (TPSA) is 121 Å². The van der Waals surface area contributed by atoms with Crippen molar-refractivity contribution in [1.29, 1.82) is 0 Å². The van der Waals surface area contributed by atoms with Crippen molar-refractivity contribution in [3.8, 4) is 0 Å². The molecule has 0 fully saturated rings. The Balaban J connectivity index is 5.66. The lowest BCUT2D eigenvalue weighted by Crippen LogP contribution is -2.73. The summed E-state index contributed by atoms with van der Waals surface area (Å²) in [5, 5.41) is 59.8. The lowest BCUT2D eigenvalue weighted by molar-refractivity contribution is -0.285. The van der Waals surface area contributed by atoms with E-state index < -0.39 is 36.1 Å². The number of aliphatic hydroxyl groups is 6. The molecule has 0 aliphatic heterocycles. The molecule has 6 nitrogen and oxygen atoms in total. The molecule has 0 spiro atoms. The van der Waals surface area contributed by atoms with Crippen molar-refractivity contribution in [2.75, 3.05) is 6.61 Å². The maximum Gasteiger partial charge on any atom is 0.149 e. The fourth-order valence-electron chi connectivity index (χ4n) is 2.26. The van der Waals surface area contributed by atoms with Crippen molar-refractivity contribution in [2.45, 2.75) is 69.5 Å². The summed E-state index contributed by atoms with van der Waals surface area (Å²) >= 11 is 0. The third-order valence-corrected chi connectivity index (χ3v) is 3.66. The molecule has 6 N–H and O–H groups in total. The average molecular weight is 266 g/mol. The summed E-state index contributed by atoms with van der Waals surface area (Å²) in [6.07, 6.45) is -4.21. The predicted molar refractivity (Wildman–Crippen MR) is 65.9 cm³/mol. The van der Waals surface area contributed by atoms with E-state index in [2.05, 4.69) is 0 Å². The van der Waals surface area contributed by atoms with Gasteiger partial charge in [-0.3, -0.25) is 0 Å². The smallest absolute Gasteiger partial charge is 0.149 e. The van der Waals surface area contributed by atoms with E-state index in [9.17, 15) is 30.6 Å². The second-order valence-electron chi connectivity index (χ2n) is 4.68. The van der Waals surface area contributed by atoms with Crippen molar-refractivity contribution in [3.05, 3.63) is 0 Å². The van der Waals surface area contributed by atoms with E-state index in [1.165, 1.54) is 0 Å². The molecule has 0 aromatic rings. The first kappa shape index (κ1) is 17.8. The molecule has 0 heterocycles. The van der Waals surface area contributed by atoms with Crippen LogP contribution in [0.2, 0.25) is 0 Å². The highest BCUT2D eigenvalue weighted by Gasteiger charge is 2.60. The first-order valence-electron chi connectivity index (χ1n) is 6.35. The van der Waals surface area contributed by atoms with Crippen LogP contribution in [0.4, 0.5) is 0 Å². The third-order valence-electron chi connectivity index (χ3n) is 3.66. The highest BCUT2D eigenvalue weighted by molar-refractivity contribution is 5.10. The Morgan fingerprint density at radius 2 is 1.11 bits per heavy atom. The van der Waals surface area contributed by atoms with Crippen LogP contribution in [-0.2, 0) is 0 Å². The van der Waals surface area contributed by atoms with Gasteiger partial charge in [0.2, 0.25) is 0 Å². The van der Waals surface area contributed by atoms with Crippen molar-refractivity contribution >= 4 is 0 Å². The second kappa shape index (κ2) is 6.79. The van der Waals surface area contributed by atoms with E-state index in [-0.39, 0.29) is 19.3 Å². The molecular formula is C12H26O6. The first-order valence-corrected chi connectivity index (χ1v) is 6.35. The Morgan fingerprint density at radius 1 is 0.778 bits per heavy atom. The van der Waals surface area contributed by atoms with Crippen molar-refractivity contribution in [1.82, 2.24) is 0 Å². The quantitative estimate of drug-likeness (QED) is 0.326. The summed E-state index contributed by atoms with van der Waals surface area (Å²) in [4.78, 5) is 0. The van der Waals surface area contributed by atoms with Gasteiger partial charge in [-0.1, -0.05) is 20.8 Å². The molecule has 0 aromatic heterocycles. The zero-order valence-corrected chi connectivity index (χ0v) is 11.2. The van der Waals surface area contributed by atoms with Crippen LogP contribution in [0.3, 0.4) is 0 Å². The van der Waals surface area contributed by atoms with Gasteiger partial charge in [0.1, 0.15) is 11.2 Å². The predicted octanol–water partition coefficient (Wildman–Crippen LogP) is -1.25. The van der Waals surface area contributed by atoms with Crippen LogP contribution in [0.5, 0.6) is 0 Å². The summed E-state index contributed by atoms with van der Waals surface area (Å²) in [6.45, 7) is 3.72. The van der Waals surface area contributed by atoms with Gasteiger partial charge in [-0.25, -0.2) is 0 Å². The molecule has 18 heavy (non-hydrogen) atoms. The fraction of sp³-hybridized carbons (Fsp3) is 1.00. The molecule has 6 heteroatoms. The third kappa shape index (κ3) is 2.68. The van der Waals surface area contributed by atoms with Gasteiger partial charge in [-0.15, -0.1) is 0 Å². The number of hydrogen-bond acceptors (Lipinski definition) is 6. The normalized spacial score (nSPS) is 23.8. The Morgan fingerprint density at radius 3 is 1.33 bits per heavy atom. The van der Waals surface area contributed by atoms with Crippen molar-refractivity contribution < 1.29 is 30.6 Å². The van der Waals surface area contributed by atoms with Crippen molar-refractivity contribution in [3.63, 3.8) is 0 Å². The minimum atomic E-state index is -2.39. The highest BCUT2D eigenvalue weighted by Crippen LogP contribution is 2.36. The fourth-order valence-corrected chi connectivity index (χ4v) is 2.26. The molecule has 0 aliphatic rings. The van der Waals surface area contributed by atoms with E-state index in [0.717, 1.165) is 0 Å². The molecule has 0 saturated heterocycles. The minimum absolute atomic E-state index is 0.0617. The molecule has 0 bridgehead atoms. The molecule has 110 valence electrons. The van der Waals surface area contributed by atoms with Crippen molar-refractivity contribution in [2.24, 2.45) is 0 Å². The van der Waals surface area contributed by atoms with Gasteiger partial charge in [-0.2, -0.15) is 0 Å². The molecule has 0 saturated carbocycles. The van der Waals surface area contributed by atoms with Gasteiger partial charge in [-0.05, 0) is 19.3 Å². The summed E-state index contributed by atoms with van der Waals surface area (Å²) in [7, 11) is 0. The standard InChI is InChI=1S/C12H26O6/c1-4-8(14)11(17,7-13)12(18,9(15)5-2)10(16)6-3/h8-10,13-18H,4-7H2,1-3H3. The lowest BCUT2D eigenvalue weighted by Gasteiger charge is -2.49. The van der Waals surface area contributed by atoms with Gasteiger partial charge in [0, 0.05) is 0 Å². The number of hydrogen-bond donors (Lipinski definition) is 6. The van der Waals surface area contributed by atoms with Gasteiger partial charge < -0.3 is 30.6 Å². The molecule has 4 atom stereocenters. The number of rotatable bonds is 8. The first-order chi connectivity index (χ1) is 8.25.